The van der Waals surface area contributed by atoms with E-state index in [4.69, 9.17) is 4.42 Å². The molecular weight excluding hydrogens is 240 g/mol. The number of carboxylic acid groups (broad SMARTS) is 1. The molecule has 3 heteroatoms. The van der Waals surface area contributed by atoms with Gasteiger partial charge in [-0.3, -0.25) is 4.79 Å². The van der Waals surface area contributed by atoms with Crippen LogP contribution in [-0.4, -0.2) is 11.1 Å². The van der Waals surface area contributed by atoms with Gasteiger partial charge in [-0.1, -0.05) is 26.2 Å². The number of rotatable bonds is 6. The van der Waals surface area contributed by atoms with Gasteiger partial charge in [-0.2, -0.15) is 0 Å². The van der Waals surface area contributed by atoms with E-state index in [1.165, 1.54) is 19.3 Å². The smallest absolute Gasteiger partial charge is 0.309 e. The Kier molecular flexibility index (Phi) is 4.67. The van der Waals surface area contributed by atoms with Crippen LogP contribution in [0.15, 0.2) is 23.0 Å². The molecule has 19 heavy (non-hydrogen) atoms. The number of furan rings is 1. The van der Waals surface area contributed by atoms with Crippen LogP contribution in [0.2, 0.25) is 0 Å². The van der Waals surface area contributed by atoms with E-state index in [0.717, 1.165) is 37.2 Å². The molecule has 3 nitrogen and oxygen atoms in total. The first kappa shape index (κ1) is 14.2. The molecule has 0 saturated heterocycles. The fourth-order valence-corrected chi connectivity index (χ4v) is 3.26. The summed E-state index contributed by atoms with van der Waals surface area (Å²) < 4.78 is 5.06. The molecule has 0 aliphatic heterocycles. The van der Waals surface area contributed by atoms with Gasteiger partial charge in [0.15, 0.2) is 0 Å². The Morgan fingerprint density at radius 1 is 1.47 bits per heavy atom. The Balaban J connectivity index is 1.97. The summed E-state index contributed by atoms with van der Waals surface area (Å²) in [6, 6.07) is 1.88. The Bertz CT molecular complexity index is 386. The van der Waals surface area contributed by atoms with Gasteiger partial charge in [0, 0.05) is 0 Å². The minimum atomic E-state index is -0.636. The van der Waals surface area contributed by atoms with Crippen LogP contribution in [0, 0.1) is 11.3 Å². The van der Waals surface area contributed by atoms with Gasteiger partial charge in [-0.15, -0.1) is 0 Å². The van der Waals surface area contributed by atoms with Gasteiger partial charge in [0.25, 0.3) is 0 Å². The molecule has 1 saturated carbocycles. The van der Waals surface area contributed by atoms with Crippen LogP contribution < -0.4 is 0 Å². The van der Waals surface area contributed by atoms with Crippen LogP contribution in [-0.2, 0) is 11.2 Å². The molecule has 1 heterocycles. The van der Waals surface area contributed by atoms with E-state index in [9.17, 15) is 9.90 Å². The molecule has 1 aliphatic rings. The SMILES string of the molecule is CCCCC1CCC(Cc2ccoc2)(C(=O)O)CC1. The first-order valence-electron chi connectivity index (χ1n) is 7.41. The zero-order valence-electron chi connectivity index (χ0n) is 11.7. The molecule has 1 aromatic heterocycles. The maximum atomic E-state index is 11.7. The highest BCUT2D eigenvalue weighted by atomic mass is 16.4. The van der Waals surface area contributed by atoms with Gasteiger partial charge in [0.05, 0.1) is 17.9 Å². The van der Waals surface area contributed by atoms with Crippen LogP contribution in [0.3, 0.4) is 0 Å². The Morgan fingerprint density at radius 3 is 2.74 bits per heavy atom. The van der Waals surface area contributed by atoms with Gasteiger partial charge in [-0.05, 0) is 49.7 Å². The van der Waals surface area contributed by atoms with Crippen LogP contribution in [0.1, 0.15) is 57.4 Å². The molecule has 1 N–H and O–H groups in total. The number of carboxylic acids is 1. The van der Waals surface area contributed by atoms with E-state index in [2.05, 4.69) is 6.92 Å². The molecule has 0 radical (unpaired) electrons. The van der Waals surface area contributed by atoms with E-state index in [1.54, 1.807) is 12.5 Å². The Morgan fingerprint density at radius 2 is 2.21 bits per heavy atom. The van der Waals surface area contributed by atoms with Crippen molar-refractivity contribution in [3.05, 3.63) is 24.2 Å². The van der Waals surface area contributed by atoms with Crippen molar-refractivity contribution < 1.29 is 14.3 Å². The first-order chi connectivity index (χ1) is 9.16. The molecule has 0 amide bonds. The van der Waals surface area contributed by atoms with Crippen LogP contribution in [0.4, 0.5) is 0 Å². The summed E-state index contributed by atoms with van der Waals surface area (Å²) in [5, 5.41) is 9.62. The quantitative estimate of drug-likeness (QED) is 0.834. The minimum Gasteiger partial charge on any atom is -0.481 e. The molecule has 1 fully saturated rings. The van der Waals surface area contributed by atoms with Gasteiger partial charge >= 0.3 is 5.97 Å². The number of unbranched alkanes of at least 4 members (excludes halogenated alkanes) is 1. The third-order valence-electron chi connectivity index (χ3n) is 4.60. The van der Waals surface area contributed by atoms with E-state index in [0.29, 0.717) is 6.42 Å². The van der Waals surface area contributed by atoms with Crippen molar-refractivity contribution in [2.75, 3.05) is 0 Å². The molecule has 0 spiro atoms. The summed E-state index contributed by atoms with van der Waals surface area (Å²) in [5.41, 5.74) is 0.446. The molecule has 2 rings (SSSR count). The average Bonchev–Trinajstić information content (AvgIpc) is 2.90. The van der Waals surface area contributed by atoms with Gasteiger partial charge < -0.3 is 9.52 Å². The van der Waals surface area contributed by atoms with E-state index in [-0.39, 0.29) is 0 Å². The van der Waals surface area contributed by atoms with Crippen LogP contribution in [0.5, 0.6) is 0 Å². The van der Waals surface area contributed by atoms with Crippen LogP contribution >= 0.6 is 0 Å². The van der Waals surface area contributed by atoms with Crippen molar-refractivity contribution >= 4 is 5.97 Å². The molecule has 0 bridgehead atoms. The van der Waals surface area contributed by atoms with Crippen molar-refractivity contribution in [2.24, 2.45) is 11.3 Å². The predicted molar refractivity (Wildman–Crippen MR) is 74.0 cm³/mol. The fraction of sp³-hybridized carbons (Fsp3) is 0.688. The van der Waals surface area contributed by atoms with Gasteiger partial charge in [-0.25, -0.2) is 0 Å². The maximum Gasteiger partial charge on any atom is 0.309 e. The topological polar surface area (TPSA) is 50.4 Å². The van der Waals surface area contributed by atoms with Crippen LogP contribution in [0.25, 0.3) is 0 Å². The average molecular weight is 264 g/mol. The second-order valence-corrected chi connectivity index (χ2v) is 5.98. The summed E-state index contributed by atoms with van der Waals surface area (Å²) in [5.74, 6) is 0.0967. The summed E-state index contributed by atoms with van der Waals surface area (Å²) in [7, 11) is 0. The van der Waals surface area contributed by atoms with Crippen molar-refractivity contribution in [3.63, 3.8) is 0 Å². The standard InChI is InChI=1S/C16H24O3/c1-2-3-4-13-5-8-16(9-6-13,15(17)18)11-14-7-10-19-12-14/h7,10,12-13H,2-6,8-9,11H2,1H3,(H,17,18). The monoisotopic (exact) mass is 264 g/mol. The van der Waals surface area contributed by atoms with Crippen molar-refractivity contribution in [1.29, 1.82) is 0 Å². The molecule has 106 valence electrons. The molecule has 0 atom stereocenters. The molecule has 0 aromatic carbocycles. The second kappa shape index (κ2) is 6.27. The summed E-state index contributed by atoms with van der Waals surface area (Å²) in [4.78, 5) is 11.7. The van der Waals surface area contributed by atoms with Gasteiger partial charge in [0.1, 0.15) is 0 Å². The summed E-state index contributed by atoms with van der Waals surface area (Å²) in [6.45, 7) is 2.21. The van der Waals surface area contributed by atoms with Crippen molar-refractivity contribution in [1.82, 2.24) is 0 Å². The zero-order chi connectivity index (χ0) is 13.7. The lowest BCUT2D eigenvalue weighted by atomic mass is 9.67. The molecule has 1 aliphatic carbocycles. The summed E-state index contributed by atoms with van der Waals surface area (Å²) in [6.07, 6.45) is 11.4. The largest absolute Gasteiger partial charge is 0.481 e. The lowest BCUT2D eigenvalue weighted by Crippen LogP contribution is -2.37. The molecule has 1 aromatic rings. The third kappa shape index (κ3) is 3.40. The number of hydrogen-bond acceptors (Lipinski definition) is 2. The number of carbonyl (C=O) groups is 1. The van der Waals surface area contributed by atoms with E-state index < -0.39 is 11.4 Å². The van der Waals surface area contributed by atoms with Gasteiger partial charge in [0.2, 0.25) is 0 Å². The highest BCUT2D eigenvalue weighted by Gasteiger charge is 2.41. The highest BCUT2D eigenvalue weighted by molar-refractivity contribution is 5.75. The lowest BCUT2D eigenvalue weighted by molar-refractivity contribution is -0.151. The zero-order valence-corrected chi connectivity index (χ0v) is 11.7. The minimum absolute atomic E-state index is 0.563. The molecular formula is C16H24O3. The fourth-order valence-electron chi connectivity index (χ4n) is 3.26. The second-order valence-electron chi connectivity index (χ2n) is 5.98. The Labute approximate surface area is 115 Å². The third-order valence-corrected chi connectivity index (χ3v) is 4.60. The maximum absolute atomic E-state index is 11.7. The predicted octanol–water partition coefficient (Wildman–Crippen LogP) is 4.27. The number of aliphatic carboxylic acids is 1. The van der Waals surface area contributed by atoms with Crippen molar-refractivity contribution in [3.8, 4) is 0 Å². The Hall–Kier alpha value is -1.25. The number of hydrogen-bond donors (Lipinski definition) is 1. The normalized spacial score (nSPS) is 27.3. The first-order valence-corrected chi connectivity index (χ1v) is 7.41. The van der Waals surface area contributed by atoms with Crippen molar-refractivity contribution in [2.45, 2.75) is 58.3 Å². The lowest BCUT2D eigenvalue weighted by Gasteiger charge is -2.36. The summed E-state index contributed by atoms with van der Waals surface area (Å²) >= 11 is 0. The highest BCUT2D eigenvalue weighted by Crippen LogP contribution is 2.43. The molecule has 0 unspecified atom stereocenters. The van der Waals surface area contributed by atoms with E-state index in [1.807, 2.05) is 6.07 Å². The van der Waals surface area contributed by atoms with E-state index >= 15 is 0 Å².